The van der Waals surface area contributed by atoms with Crippen molar-refractivity contribution in [1.29, 1.82) is 0 Å². The molecule has 0 spiro atoms. The third-order valence-corrected chi connectivity index (χ3v) is 8.81. The van der Waals surface area contributed by atoms with E-state index in [1.54, 1.807) is 24.4 Å². The molecule has 3 N–H and O–H groups in total. The maximum Gasteiger partial charge on any atom is 0.225 e. The van der Waals surface area contributed by atoms with Crippen LogP contribution in [0.4, 0.5) is 22.0 Å². The van der Waals surface area contributed by atoms with E-state index in [1.807, 2.05) is 4.90 Å². The second-order valence-electron chi connectivity index (χ2n) is 11.6. The number of fused-ring (bicyclic) bond motifs is 1. The summed E-state index contributed by atoms with van der Waals surface area (Å²) in [5.41, 5.74) is 1.69. The van der Waals surface area contributed by atoms with Crippen molar-refractivity contribution in [3.05, 3.63) is 36.3 Å². The number of piperazine rings is 1. The zero-order valence-corrected chi connectivity index (χ0v) is 23.1. The first-order chi connectivity index (χ1) is 19.4. The van der Waals surface area contributed by atoms with Crippen LogP contribution in [-0.2, 0) is 4.79 Å². The minimum atomic E-state index is -0.351. The average molecular weight is 567 g/mol. The number of halogens is 1. The molecule has 0 bridgehead atoms. The Morgan fingerprint density at radius 3 is 2.39 bits per heavy atom. The molecule has 1 aromatic carbocycles. The number of rotatable bonds is 6. The topological polar surface area (TPSA) is 111 Å². The normalized spacial score (nSPS) is 25.5. The monoisotopic (exact) mass is 566 g/mol. The van der Waals surface area contributed by atoms with Gasteiger partial charge >= 0.3 is 0 Å². The van der Waals surface area contributed by atoms with Crippen LogP contribution < -0.4 is 10.6 Å². The molecular formula is C30H43FN8O2. The van der Waals surface area contributed by atoms with Gasteiger partial charge < -0.3 is 25.5 Å². The second-order valence-corrected chi connectivity index (χ2v) is 11.6. The molecule has 41 heavy (non-hydrogen) atoms. The van der Waals surface area contributed by atoms with Gasteiger partial charge in [0.05, 0.1) is 18.0 Å². The highest BCUT2D eigenvalue weighted by Crippen LogP contribution is 2.38. The standard InChI is InChI=1S/C29H39FN8O2.CH4/c1-36-14-16-37(17-15-36)27(40)19-6-10-21(11-7-19)38-26-25(34-29(38)33-24-5-3-2-4-23(24)30)18-31-28(35-26)32-20-8-12-22(39)13-9-20;/h2-5,18-22,39H,6-17H2,1H3,(H,33,34)(H,31,32,35);1H4. The molecule has 2 saturated carbocycles. The van der Waals surface area contributed by atoms with E-state index in [0.717, 1.165) is 77.5 Å². The Hall–Kier alpha value is -3.31. The minimum absolute atomic E-state index is 0. The fourth-order valence-corrected chi connectivity index (χ4v) is 6.35. The number of carbonyl (C=O) groups is 1. The Morgan fingerprint density at radius 2 is 1.68 bits per heavy atom. The van der Waals surface area contributed by atoms with Gasteiger partial charge in [-0.05, 0) is 70.5 Å². The highest BCUT2D eigenvalue weighted by Gasteiger charge is 2.33. The van der Waals surface area contributed by atoms with E-state index in [-0.39, 0.29) is 43.3 Å². The molecule has 1 aliphatic heterocycles. The summed E-state index contributed by atoms with van der Waals surface area (Å²) in [6, 6.07) is 6.85. The van der Waals surface area contributed by atoms with E-state index >= 15 is 0 Å². The van der Waals surface area contributed by atoms with Gasteiger partial charge in [-0.3, -0.25) is 9.36 Å². The number of aliphatic hydroxyl groups excluding tert-OH is 1. The van der Waals surface area contributed by atoms with Crippen molar-refractivity contribution in [1.82, 2.24) is 29.3 Å². The Bertz CT molecular complexity index is 1330. The van der Waals surface area contributed by atoms with Crippen LogP contribution in [0.3, 0.4) is 0 Å². The number of benzene rings is 1. The van der Waals surface area contributed by atoms with E-state index < -0.39 is 0 Å². The molecule has 3 aromatic rings. The van der Waals surface area contributed by atoms with Gasteiger partial charge in [-0.2, -0.15) is 4.98 Å². The van der Waals surface area contributed by atoms with Crippen LogP contribution in [0.1, 0.15) is 64.8 Å². The molecule has 0 atom stereocenters. The van der Waals surface area contributed by atoms with Crippen LogP contribution in [-0.4, -0.2) is 85.7 Å². The molecular weight excluding hydrogens is 523 g/mol. The van der Waals surface area contributed by atoms with Crippen molar-refractivity contribution in [2.75, 3.05) is 43.9 Å². The highest BCUT2D eigenvalue weighted by atomic mass is 19.1. The van der Waals surface area contributed by atoms with Crippen LogP contribution in [0.25, 0.3) is 11.2 Å². The van der Waals surface area contributed by atoms with Gasteiger partial charge in [0.25, 0.3) is 0 Å². The second kappa shape index (κ2) is 12.7. The van der Waals surface area contributed by atoms with Gasteiger partial charge in [-0.1, -0.05) is 19.6 Å². The number of hydrogen-bond acceptors (Lipinski definition) is 8. The first-order valence-electron chi connectivity index (χ1n) is 14.6. The number of likely N-dealkylation sites (N-methyl/N-ethyl adjacent to an activating group) is 1. The van der Waals surface area contributed by atoms with E-state index in [0.29, 0.717) is 28.7 Å². The van der Waals surface area contributed by atoms with E-state index in [1.165, 1.54) is 6.07 Å². The first-order valence-corrected chi connectivity index (χ1v) is 14.6. The summed E-state index contributed by atoms with van der Waals surface area (Å²) >= 11 is 0. The molecule has 0 unspecified atom stereocenters. The summed E-state index contributed by atoms with van der Waals surface area (Å²) in [5.74, 6) is 1.02. The molecule has 1 saturated heterocycles. The average Bonchev–Trinajstić information content (AvgIpc) is 3.33. The Morgan fingerprint density at radius 1 is 0.976 bits per heavy atom. The molecule has 6 rings (SSSR count). The number of amides is 1. The third-order valence-electron chi connectivity index (χ3n) is 8.81. The molecule has 2 aromatic heterocycles. The van der Waals surface area contributed by atoms with Crippen molar-refractivity contribution in [2.24, 2.45) is 5.92 Å². The van der Waals surface area contributed by atoms with E-state index in [9.17, 15) is 14.3 Å². The summed E-state index contributed by atoms with van der Waals surface area (Å²) in [6.07, 6.45) is 7.99. The number of aliphatic hydroxyl groups is 1. The predicted octanol–water partition coefficient (Wildman–Crippen LogP) is 4.57. The minimum Gasteiger partial charge on any atom is -0.393 e. The molecule has 1 amide bonds. The summed E-state index contributed by atoms with van der Waals surface area (Å²) in [4.78, 5) is 31.7. The van der Waals surface area contributed by atoms with Gasteiger partial charge in [0.15, 0.2) is 5.65 Å². The van der Waals surface area contributed by atoms with E-state index in [2.05, 4.69) is 32.1 Å². The zero-order valence-electron chi connectivity index (χ0n) is 23.1. The molecule has 3 fully saturated rings. The van der Waals surface area contributed by atoms with E-state index in [4.69, 9.17) is 9.97 Å². The van der Waals surface area contributed by atoms with Crippen LogP contribution in [0.2, 0.25) is 0 Å². The van der Waals surface area contributed by atoms with Crippen LogP contribution in [0, 0.1) is 11.7 Å². The number of hydrogen-bond donors (Lipinski definition) is 3. The SMILES string of the molecule is C.CN1CCN(C(=O)C2CCC(n3c(Nc4ccccc4F)nc4cnc(NC5CCC(O)CC5)nc43)CC2)CC1. The molecule has 222 valence electrons. The lowest BCUT2D eigenvalue weighted by atomic mass is 9.85. The summed E-state index contributed by atoms with van der Waals surface area (Å²) < 4.78 is 16.7. The predicted molar refractivity (Wildman–Crippen MR) is 159 cm³/mol. The van der Waals surface area contributed by atoms with Crippen molar-refractivity contribution in [3.63, 3.8) is 0 Å². The van der Waals surface area contributed by atoms with Gasteiger partial charge in [0.2, 0.25) is 17.8 Å². The number of imidazole rings is 1. The van der Waals surface area contributed by atoms with Crippen LogP contribution in [0.5, 0.6) is 0 Å². The summed E-state index contributed by atoms with van der Waals surface area (Å²) in [5, 5.41) is 16.5. The van der Waals surface area contributed by atoms with Crippen molar-refractivity contribution >= 4 is 34.7 Å². The summed E-state index contributed by atoms with van der Waals surface area (Å²) in [7, 11) is 2.10. The van der Waals surface area contributed by atoms with Gasteiger partial charge in [0.1, 0.15) is 11.3 Å². The highest BCUT2D eigenvalue weighted by molar-refractivity contribution is 5.79. The maximum absolute atomic E-state index is 14.6. The third kappa shape index (κ3) is 6.46. The van der Waals surface area contributed by atoms with Crippen LogP contribution >= 0.6 is 0 Å². The molecule has 0 radical (unpaired) electrons. The van der Waals surface area contributed by atoms with Gasteiger partial charge in [-0.15, -0.1) is 0 Å². The first kappa shape index (κ1) is 29.2. The number of nitrogens with zero attached hydrogens (tertiary/aromatic N) is 6. The largest absolute Gasteiger partial charge is 0.393 e. The number of para-hydroxylation sites is 1. The molecule has 3 aliphatic rings. The Balaban J connectivity index is 0.00000337. The fraction of sp³-hybridized carbons (Fsp3) is 0.600. The number of aromatic nitrogens is 4. The lowest BCUT2D eigenvalue weighted by Crippen LogP contribution is -2.49. The number of carbonyl (C=O) groups excluding carboxylic acids is 1. The molecule has 10 nitrogen and oxygen atoms in total. The molecule has 3 heterocycles. The Kier molecular flexibility index (Phi) is 9.03. The van der Waals surface area contributed by atoms with Crippen molar-refractivity contribution in [3.8, 4) is 0 Å². The Labute approximate surface area is 241 Å². The van der Waals surface area contributed by atoms with Crippen LogP contribution in [0.15, 0.2) is 30.5 Å². The van der Waals surface area contributed by atoms with Gasteiger partial charge in [-0.25, -0.2) is 14.4 Å². The zero-order chi connectivity index (χ0) is 27.6. The van der Waals surface area contributed by atoms with Crippen molar-refractivity contribution in [2.45, 2.75) is 77.0 Å². The lowest BCUT2D eigenvalue weighted by Gasteiger charge is -2.37. The van der Waals surface area contributed by atoms with Crippen molar-refractivity contribution < 1.29 is 14.3 Å². The smallest absolute Gasteiger partial charge is 0.225 e. The van der Waals surface area contributed by atoms with Gasteiger partial charge in [0, 0.05) is 44.2 Å². The quantitative estimate of drug-likeness (QED) is 0.398. The number of anilines is 3. The fourth-order valence-electron chi connectivity index (χ4n) is 6.35. The maximum atomic E-state index is 14.6. The number of nitrogens with one attached hydrogen (secondary N) is 2. The lowest BCUT2D eigenvalue weighted by molar-refractivity contribution is -0.138. The molecule has 2 aliphatic carbocycles. The molecule has 11 heteroatoms. The summed E-state index contributed by atoms with van der Waals surface area (Å²) in [6.45, 7) is 3.44.